The van der Waals surface area contributed by atoms with Gasteiger partial charge in [0.05, 0.1) is 0 Å². The van der Waals surface area contributed by atoms with Crippen molar-refractivity contribution >= 4 is 10.0 Å². The van der Waals surface area contributed by atoms with Crippen LogP contribution in [0.5, 0.6) is 0 Å². The maximum atomic E-state index is 13.6. The highest BCUT2D eigenvalue weighted by molar-refractivity contribution is 7.89. The Bertz CT molecular complexity index is 518. The number of likely N-dealkylation sites (N-methyl/N-ethyl adjacent to an activating group) is 1. The fraction of sp³-hybridized carbons (Fsp3) is 0.500. The van der Waals surface area contributed by atoms with Crippen LogP contribution < -0.4 is 10.0 Å². The van der Waals surface area contributed by atoms with E-state index in [9.17, 15) is 12.8 Å². The van der Waals surface area contributed by atoms with Crippen LogP contribution in [-0.4, -0.2) is 47.6 Å². The second kappa shape index (κ2) is 6.95. The van der Waals surface area contributed by atoms with Gasteiger partial charge in [-0.2, -0.15) is 0 Å². The summed E-state index contributed by atoms with van der Waals surface area (Å²) in [7, 11) is 1.61. The molecule has 0 fully saturated rings. The van der Waals surface area contributed by atoms with Gasteiger partial charge in [-0.25, -0.2) is 17.5 Å². The van der Waals surface area contributed by atoms with E-state index in [1.807, 2.05) is 19.0 Å². The molecule has 0 aliphatic rings. The highest BCUT2D eigenvalue weighted by Gasteiger charge is 2.19. The van der Waals surface area contributed by atoms with Gasteiger partial charge in [-0.1, -0.05) is 6.07 Å². The Morgan fingerprint density at radius 3 is 2.58 bits per heavy atom. The van der Waals surface area contributed by atoms with E-state index in [4.69, 9.17) is 0 Å². The molecule has 0 unspecified atom stereocenters. The number of hydrogen-bond donors (Lipinski definition) is 2. The van der Waals surface area contributed by atoms with E-state index in [0.29, 0.717) is 13.1 Å². The number of nitrogens with one attached hydrogen (secondary N) is 2. The first-order valence-corrected chi connectivity index (χ1v) is 7.42. The summed E-state index contributed by atoms with van der Waals surface area (Å²) in [5.74, 6) is -0.739. The molecule has 7 heteroatoms. The van der Waals surface area contributed by atoms with Crippen molar-refractivity contribution in [1.82, 2.24) is 14.9 Å². The molecule has 2 N–H and O–H groups in total. The topological polar surface area (TPSA) is 61.4 Å². The van der Waals surface area contributed by atoms with E-state index in [1.165, 1.54) is 12.1 Å². The minimum Gasteiger partial charge on any atom is -0.316 e. The van der Waals surface area contributed by atoms with Gasteiger partial charge in [0.2, 0.25) is 10.0 Å². The van der Waals surface area contributed by atoms with Crippen LogP contribution in [0, 0.1) is 5.82 Å². The summed E-state index contributed by atoms with van der Waals surface area (Å²) < 4.78 is 40.0. The molecule has 0 atom stereocenters. The van der Waals surface area contributed by atoms with Crippen molar-refractivity contribution in [3.8, 4) is 0 Å². The summed E-state index contributed by atoms with van der Waals surface area (Å²) in [4.78, 5) is 1.54. The van der Waals surface area contributed by atoms with Gasteiger partial charge in [0.15, 0.2) is 0 Å². The molecular formula is C12H20FN3O2S. The molecule has 0 aliphatic heterocycles. The van der Waals surface area contributed by atoms with Crippen molar-refractivity contribution in [2.75, 3.05) is 34.2 Å². The van der Waals surface area contributed by atoms with Crippen LogP contribution in [0.1, 0.15) is 5.56 Å². The monoisotopic (exact) mass is 289 g/mol. The van der Waals surface area contributed by atoms with Crippen LogP contribution in [-0.2, 0) is 16.6 Å². The van der Waals surface area contributed by atoms with Crippen molar-refractivity contribution < 1.29 is 12.8 Å². The second-order valence-corrected chi connectivity index (χ2v) is 6.23. The van der Waals surface area contributed by atoms with E-state index in [2.05, 4.69) is 10.0 Å². The minimum atomic E-state index is -3.81. The first-order chi connectivity index (χ1) is 8.86. The molecule has 1 rings (SSSR count). The van der Waals surface area contributed by atoms with Gasteiger partial charge in [0.25, 0.3) is 0 Å². The normalized spacial score (nSPS) is 12.1. The molecule has 0 heterocycles. The summed E-state index contributed by atoms with van der Waals surface area (Å²) in [6.45, 7) is 1.28. The Balaban J connectivity index is 2.90. The Morgan fingerprint density at radius 1 is 1.32 bits per heavy atom. The van der Waals surface area contributed by atoms with E-state index in [1.54, 1.807) is 13.1 Å². The molecule has 0 spiro atoms. The average Bonchev–Trinajstić information content (AvgIpc) is 2.31. The summed E-state index contributed by atoms with van der Waals surface area (Å²) in [5, 5.41) is 2.90. The summed E-state index contributed by atoms with van der Waals surface area (Å²) in [6.07, 6.45) is 0. The van der Waals surface area contributed by atoms with Crippen LogP contribution in [0.4, 0.5) is 4.39 Å². The molecule has 1 aromatic rings. The third-order valence-corrected chi connectivity index (χ3v) is 3.99. The first kappa shape index (κ1) is 16.0. The molecule has 0 radical (unpaired) electrons. The van der Waals surface area contributed by atoms with Gasteiger partial charge < -0.3 is 10.2 Å². The zero-order valence-corrected chi connectivity index (χ0v) is 12.2. The maximum Gasteiger partial charge on any atom is 0.243 e. The number of benzene rings is 1. The van der Waals surface area contributed by atoms with Gasteiger partial charge in [-0.3, -0.25) is 0 Å². The van der Waals surface area contributed by atoms with Gasteiger partial charge in [-0.05, 0) is 38.8 Å². The number of sulfonamides is 1. The molecule has 0 aromatic heterocycles. The van der Waals surface area contributed by atoms with Crippen LogP contribution in [0.15, 0.2) is 23.1 Å². The molecule has 0 saturated heterocycles. The molecule has 19 heavy (non-hydrogen) atoms. The van der Waals surface area contributed by atoms with E-state index >= 15 is 0 Å². The molecule has 0 amide bonds. The zero-order valence-electron chi connectivity index (χ0n) is 11.4. The van der Waals surface area contributed by atoms with Crippen molar-refractivity contribution in [2.24, 2.45) is 0 Å². The highest BCUT2D eigenvalue weighted by Crippen LogP contribution is 2.16. The van der Waals surface area contributed by atoms with Gasteiger partial charge in [-0.15, -0.1) is 0 Å². The average molecular weight is 289 g/mol. The molecule has 0 aliphatic carbocycles. The molecule has 108 valence electrons. The van der Waals surface area contributed by atoms with Crippen molar-refractivity contribution in [1.29, 1.82) is 0 Å². The lowest BCUT2D eigenvalue weighted by Crippen LogP contribution is -2.32. The van der Waals surface area contributed by atoms with Crippen LogP contribution in [0.3, 0.4) is 0 Å². The van der Waals surface area contributed by atoms with Crippen molar-refractivity contribution in [3.63, 3.8) is 0 Å². The molecule has 1 aromatic carbocycles. The molecular weight excluding hydrogens is 269 g/mol. The van der Waals surface area contributed by atoms with Crippen LogP contribution >= 0.6 is 0 Å². The summed E-state index contributed by atoms with van der Waals surface area (Å²) >= 11 is 0. The number of hydrogen-bond acceptors (Lipinski definition) is 4. The Morgan fingerprint density at radius 2 is 2.00 bits per heavy atom. The lowest BCUT2D eigenvalue weighted by atomic mass is 10.2. The lowest BCUT2D eigenvalue weighted by molar-refractivity contribution is 0.412. The summed E-state index contributed by atoms with van der Waals surface area (Å²) in [6, 6.07) is 4.09. The Labute approximate surface area is 113 Å². The predicted molar refractivity (Wildman–Crippen MR) is 72.9 cm³/mol. The number of halogens is 1. The van der Waals surface area contributed by atoms with E-state index in [-0.39, 0.29) is 11.4 Å². The van der Waals surface area contributed by atoms with Crippen molar-refractivity contribution in [2.45, 2.75) is 11.4 Å². The number of rotatable bonds is 7. The molecule has 0 bridgehead atoms. The highest BCUT2D eigenvalue weighted by atomic mass is 32.2. The fourth-order valence-electron chi connectivity index (χ4n) is 1.55. The predicted octanol–water partition coefficient (Wildman–Crippen LogP) is 0.385. The Kier molecular flexibility index (Phi) is 5.86. The maximum absolute atomic E-state index is 13.6. The van der Waals surface area contributed by atoms with Crippen LogP contribution in [0.2, 0.25) is 0 Å². The van der Waals surface area contributed by atoms with Gasteiger partial charge in [0, 0.05) is 19.6 Å². The first-order valence-electron chi connectivity index (χ1n) is 5.94. The van der Waals surface area contributed by atoms with Gasteiger partial charge in [0.1, 0.15) is 10.7 Å². The zero-order chi connectivity index (χ0) is 14.5. The number of nitrogens with zero attached hydrogens (tertiary/aromatic N) is 1. The largest absolute Gasteiger partial charge is 0.316 e. The molecule has 5 nitrogen and oxygen atoms in total. The van der Waals surface area contributed by atoms with E-state index in [0.717, 1.165) is 5.56 Å². The third kappa shape index (κ3) is 4.87. The van der Waals surface area contributed by atoms with Crippen LogP contribution in [0.25, 0.3) is 0 Å². The standard InChI is InChI=1S/C12H20FN3O2S/c1-14-9-10-4-5-11(13)12(8-10)19(17,18)15-6-7-16(2)3/h4-5,8,14-15H,6-7,9H2,1-3H3. The summed E-state index contributed by atoms with van der Waals surface area (Å²) in [5.41, 5.74) is 0.719. The SMILES string of the molecule is CNCc1ccc(F)c(S(=O)(=O)NCCN(C)C)c1. The van der Waals surface area contributed by atoms with Gasteiger partial charge >= 0.3 is 0 Å². The fourth-order valence-corrected chi connectivity index (χ4v) is 2.70. The minimum absolute atomic E-state index is 0.241. The smallest absolute Gasteiger partial charge is 0.243 e. The van der Waals surface area contributed by atoms with E-state index < -0.39 is 15.8 Å². The third-order valence-electron chi connectivity index (χ3n) is 2.52. The van der Waals surface area contributed by atoms with Crippen molar-refractivity contribution in [3.05, 3.63) is 29.6 Å². The second-order valence-electron chi connectivity index (χ2n) is 4.50. The Hall–Kier alpha value is -1.02. The lowest BCUT2D eigenvalue weighted by Gasteiger charge is -2.12. The molecule has 0 saturated carbocycles. The quantitative estimate of drug-likeness (QED) is 0.762.